The molecule has 0 spiro atoms. The molecular weight excluding hydrogens is 364 g/mol. The number of ether oxygens (including phenoxy) is 2. The van der Waals surface area contributed by atoms with Crippen molar-refractivity contribution < 1.29 is 19.1 Å². The van der Waals surface area contributed by atoms with Crippen molar-refractivity contribution in [1.82, 2.24) is 0 Å². The third kappa shape index (κ3) is 3.76. The molecule has 0 N–H and O–H groups in total. The molecule has 1 fully saturated rings. The van der Waals surface area contributed by atoms with E-state index in [1.54, 1.807) is 30.3 Å². The van der Waals surface area contributed by atoms with Crippen LogP contribution in [0, 0.1) is 5.92 Å². The number of hydrogen-bond donors (Lipinski definition) is 0. The van der Waals surface area contributed by atoms with Gasteiger partial charge in [0.2, 0.25) is 5.78 Å². The highest BCUT2D eigenvalue weighted by atomic mass is 35.5. The van der Waals surface area contributed by atoms with Crippen molar-refractivity contribution in [2.24, 2.45) is 5.92 Å². The van der Waals surface area contributed by atoms with Crippen LogP contribution in [-0.4, -0.2) is 11.8 Å². The molecule has 2 aromatic carbocycles. The summed E-state index contributed by atoms with van der Waals surface area (Å²) in [5, 5.41) is 0.541. The summed E-state index contributed by atoms with van der Waals surface area (Å²) in [6.45, 7) is 0. The molecule has 2 aromatic rings. The Morgan fingerprint density at radius 2 is 1.89 bits per heavy atom. The second-order valence-electron chi connectivity index (χ2n) is 6.88. The van der Waals surface area contributed by atoms with Crippen molar-refractivity contribution in [3.05, 3.63) is 64.4 Å². The van der Waals surface area contributed by atoms with Gasteiger partial charge in [0.1, 0.15) is 11.5 Å². The standard InChI is InChI=1S/C22H19ClO4/c23-18-9-5-4-8-15(18)12-20-21(24)17-11-10-16(13-19(17)27-20)26-22(25)14-6-2-1-3-7-14/h4-5,8-14H,1-3,6-7H2. The minimum absolute atomic E-state index is 0.0368. The molecule has 4 nitrogen and oxygen atoms in total. The summed E-state index contributed by atoms with van der Waals surface area (Å²) >= 11 is 6.15. The van der Waals surface area contributed by atoms with Gasteiger partial charge in [-0.25, -0.2) is 0 Å². The van der Waals surface area contributed by atoms with Crippen LogP contribution in [-0.2, 0) is 4.79 Å². The molecule has 138 valence electrons. The van der Waals surface area contributed by atoms with E-state index in [1.165, 1.54) is 6.42 Å². The van der Waals surface area contributed by atoms with Crippen LogP contribution in [0.25, 0.3) is 6.08 Å². The van der Waals surface area contributed by atoms with Gasteiger partial charge >= 0.3 is 5.97 Å². The van der Waals surface area contributed by atoms with Crippen LogP contribution < -0.4 is 9.47 Å². The fourth-order valence-electron chi connectivity index (χ4n) is 3.50. The molecule has 2 aliphatic rings. The molecule has 0 atom stereocenters. The third-order valence-corrected chi connectivity index (χ3v) is 5.33. The van der Waals surface area contributed by atoms with E-state index in [2.05, 4.69) is 0 Å². The maximum atomic E-state index is 12.5. The van der Waals surface area contributed by atoms with E-state index in [4.69, 9.17) is 21.1 Å². The van der Waals surface area contributed by atoms with Crippen molar-refractivity contribution in [2.75, 3.05) is 0 Å². The minimum atomic E-state index is -0.213. The molecule has 4 rings (SSSR count). The lowest BCUT2D eigenvalue weighted by molar-refractivity contribution is -0.139. The summed E-state index contributed by atoms with van der Waals surface area (Å²) in [7, 11) is 0. The Labute approximate surface area is 162 Å². The molecule has 0 radical (unpaired) electrons. The van der Waals surface area contributed by atoms with Gasteiger partial charge in [0.05, 0.1) is 11.5 Å². The molecule has 0 aromatic heterocycles. The fraction of sp³-hybridized carbons (Fsp3) is 0.273. The Hall–Kier alpha value is -2.59. The van der Waals surface area contributed by atoms with Crippen molar-refractivity contribution in [2.45, 2.75) is 32.1 Å². The molecule has 0 saturated heterocycles. The summed E-state index contributed by atoms with van der Waals surface area (Å²) in [5.41, 5.74) is 1.16. The number of benzene rings is 2. The first-order valence-electron chi connectivity index (χ1n) is 9.16. The van der Waals surface area contributed by atoms with Crippen molar-refractivity contribution in [1.29, 1.82) is 0 Å². The Morgan fingerprint density at radius 1 is 1.11 bits per heavy atom. The van der Waals surface area contributed by atoms with Gasteiger partial charge in [-0.2, -0.15) is 0 Å². The molecule has 5 heteroatoms. The van der Waals surface area contributed by atoms with E-state index >= 15 is 0 Å². The smallest absolute Gasteiger partial charge is 0.314 e. The Balaban J connectivity index is 1.52. The number of rotatable bonds is 3. The van der Waals surface area contributed by atoms with Crippen LogP contribution in [0.4, 0.5) is 0 Å². The van der Waals surface area contributed by atoms with Gasteiger partial charge in [-0.3, -0.25) is 9.59 Å². The van der Waals surface area contributed by atoms with Gasteiger partial charge in [-0.1, -0.05) is 49.1 Å². The number of carbonyl (C=O) groups is 2. The average molecular weight is 383 g/mol. The van der Waals surface area contributed by atoms with E-state index in [1.807, 2.05) is 18.2 Å². The van der Waals surface area contributed by atoms with Gasteiger partial charge in [0.25, 0.3) is 0 Å². The average Bonchev–Trinajstić information content (AvgIpc) is 2.99. The maximum Gasteiger partial charge on any atom is 0.314 e. The van der Waals surface area contributed by atoms with Crippen molar-refractivity contribution >= 4 is 29.4 Å². The lowest BCUT2D eigenvalue weighted by Crippen LogP contribution is -2.22. The summed E-state index contributed by atoms with van der Waals surface area (Å²) in [6.07, 6.45) is 6.69. The monoisotopic (exact) mass is 382 g/mol. The first kappa shape index (κ1) is 17.8. The van der Waals surface area contributed by atoms with Gasteiger partial charge < -0.3 is 9.47 Å². The summed E-state index contributed by atoms with van der Waals surface area (Å²) in [5.74, 6) is 0.545. The van der Waals surface area contributed by atoms with E-state index in [0.717, 1.165) is 25.7 Å². The van der Waals surface area contributed by atoms with Crippen LogP contribution in [0.5, 0.6) is 11.5 Å². The van der Waals surface area contributed by atoms with Gasteiger partial charge in [0.15, 0.2) is 5.76 Å². The molecule has 1 saturated carbocycles. The highest BCUT2D eigenvalue weighted by Crippen LogP contribution is 2.36. The molecule has 1 aliphatic carbocycles. The number of halogens is 1. The van der Waals surface area contributed by atoms with Crippen LogP contribution in [0.15, 0.2) is 48.2 Å². The summed E-state index contributed by atoms with van der Waals surface area (Å²) in [4.78, 5) is 24.9. The number of fused-ring (bicyclic) bond motifs is 1. The summed E-state index contributed by atoms with van der Waals surface area (Å²) < 4.78 is 11.2. The molecular formula is C22H19ClO4. The van der Waals surface area contributed by atoms with Crippen molar-refractivity contribution in [3.8, 4) is 11.5 Å². The molecule has 0 amide bonds. The third-order valence-electron chi connectivity index (χ3n) is 4.99. The first-order chi connectivity index (χ1) is 13.1. The minimum Gasteiger partial charge on any atom is -0.452 e. The SMILES string of the molecule is O=C1C(=Cc2ccccc2Cl)Oc2cc(OC(=O)C3CCCCC3)ccc21. The molecule has 0 unspecified atom stereocenters. The van der Waals surface area contributed by atoms with E-state index in [-0.39, 0.29) is 23.4 Å². The first-order valence-corrected chi connectivity index (χ1v) is 9.54. The van der Waals surface area contributed by atoms with Crippen LogP contribution in [0.3, 0.4) is 0 Å². The van der Waals surface area contributed by atoms with Crippen LogP contribution >= 0.6 is 11.6 Å². The number of carbonyl (C=O) groups excluding carboxylic acids is 2. The highest BCUT2D eigenvalue weighted by molar-refractivity contribution is 6.32. The van der Waals surface area contributed by atoms with Crippen molar-refractivity contribution in [3.63, 3.8) is 0 Å². The van der Waals surface area contributed by atoms with E-state index in [0.29, 0.717) is 27.6 Å². The zero-order valence-corrected chi connectivity index (χ0v) is 15.5. The molecule has 0 bridgehead atoms. The number of Topliss-reactive ketones (excluding diaryl/α,β-unsaturated/α-hetero) is 1. The fourth-order valence-corrected chi connectivity index (χ4v) is 3.69. The highest BCUT2D eigenvalue weighted by Gasteiger charge is 2.29. The van der Waals surface area contributed by atoms with Gasteiger partial charge in [-0.15, -0.1) is 0 Å². The molecule has 1 heterocycles. The quantitative estimate of drug-likeness (QED) is 0.403. The molecule has 1 aliphatic heterocycles. The van der Waals surface area contributed by atoms with Gasteiger partial charge in [0, 0.05) is 11.1 Å². The summed E-state index contributed by atoms with van der Waals surface area (Å²) in [6, 6.07) is 12.1. The number of ketones is 1. The second kappa shape index (κ2) is 7.57. The Bertz CT molecular complexity index is 926. The van der Waals surface area contributed by atoms with Crippen LogP contribution in [0.2, 0.25) is 5.02 Å². The lowest BCUT2D eigenvalue weighted by Gasteiger charge is -2.19. The lowest BCUT2D eigenvalue weighted by atomic mass is 9.89. The Morgan fingerprint density at radius 3 is 2.67 bits per heavy atom. The van der Waals surface area contributed by atoms with E-state index < -0.39 is 0 Å². The zero-order chi connectivity index (χ0) is 18.8. The topological polar surface area (TPSA) is 52.6 Å². The zero-order valence-electron chi connectivity index (χ0n) is 14.7. The molecule has 27 heavy (non-hydrogen) atoms. The predicted molar refractivity (Wildman–Crippen MR) is 103 cm³/mol. The largest absolute Gasteiger partial charge is 0.452 e. The van der Waals surface area contributed by atoms with Crippen LogP contribution in [0.1, 0.15) is 48.0 Å². The maximum absolute atomic E-state index is 12.5. The van der Waals surface area contributed by atoms with E-state index in [9.17, 15) is 9.59 Å². The van der Waals surface area contributed by atoms with Gasteiger partial charge in [-0.05, 0) is 42.7 Å². The number of esters is 1. The second-order valence-corrected chi connectivity index (χ2v) is 7.28. The number of allylic oxidation sites excluding steroid dienone is 1. The predicted octanol–water partition coefficient (Wildman–Crippen LogP) is 5.44. The Kier molecular flexibility index (Phi) is 4.99. The number of hydrogen-bond acceptors (Lipinski definition) is 4. The normalized spacial score (nSPS) is 18.3.